The van der Waals surface area contributed by atoms with Crippen LogP contribution in [0.15, 0.2) is 140 Å². The van der Waals surface area contributed by atoms with Gasteiger partial charge in [-0.05, 0) is 38.9 Å². The summed E-state index contributed by atoms with van der Waals surface area (Å²) in [4.78, 5) is 19.5. The first kappa shape index (κ1) is 23.7. The standard InChI is InChI=1S/C34H27NO3/c36-33(37-24-32-30-22-12-10-20-28(30)29-21-11-13-23-31(29)32)35-38-34(25-14-4-1-5-15-25,26-16-6-2-7-17-26)27-18-8-3-9-19-27/h1-23,32H,24H2,(H,35,36). The van der Waals surface area contributed by atoms with Crippen LogP contribution in [0.2, 0.25) is 0 Å². The zero-order chi connectivity index (χ0) is 25.8. The van der Waals surface area contributed by atoms with Gasteiger partial charge in [-0.15, -0.1) is 0 Å². The van der Waals surface area contributed by atoms with E-state index in [1.54, 1.807) is 0 Å². The first-order valence-electron chi connectivity index (χ1n) is 12.7. The van der Waals surface area contributed by atoms with Crippen molar-refractivity contribution in [2.75, 3.05) is 6.61 Å². The van der Waals surface area contributed by atoms with Gasteiger partial charge in [-0.2, -0.15) is 5.48 Å². The molecule has 1 N–H and O–H groups in total. The van der Waals surface area contributed by atoms with Gasteiger partial charge in [0.25, 0.3) is 0 Å². The van der Waals surface area contributed by atoms with E-state index in [-0.39, 0.29) is 12.5 Å². The second-order valence-corrected chi connectivity index (χ2v) is 9.31. The number of amides is 1. The van der Waals surface area contributed by atoms with Crippen LogP contribution >= 0.6 is 0 Å². The van der Waals surface area contributed by atoms with Crippen molar-refractivity contribution < 1.29 is 14.4 Å². The maximum Gasteiger partial charge on any atom is 0.431 e. The van der Waals surface area contributed by atoms with Gasteiger partial charge in [-0.3, -0.25) is 0 Å². The minimum absolute atomic E-state index is 0.0322. The Hall–Kier alpha value is -4.67. The fraction of sp³-hybridized carbons (Fsp3) is 0.0882. The molecule has 0 unspecified atom stereocenters. The van der Waals surface area contributed by atoms with Gasteiger partial charge in [0.2, 0.25) is 0 Å². The summed E-state index contributed by atoms with van der Waals surface area (Å²) in [5.74, 6) is -0.0322. The summed E-state index contributed by atoms with van der Waals surface area (Å²) in [7, 11) is 0. The first-order valence-corrected chi connectivity index (χ1v) is 12.7. The van der Waals surface area contributed by atoms with Crippen molar-refractivity contribution in [2.24, 2.45) is 0 Å². The number of hydrogen-bond donors (Lipinski definition) is 1. The molecule has 0 atom stereocenters. The lowest BCUT2D eigenvalue weighted by Gasteiger charge is -2.34. The van der Waals surface area contributed by atoms with Crippen molar-refractivity contribution >= 4 is 6.09 Å². The van der Waals surface area contributed by atoms with Crippen molar-refractivity contribution in [1.82, 2.24) is 5.48 Å². The molecule has 1 aliphatic carbocycles. The lowest BCUT2D eigenvalue weighted by molar-refractivity contribution is -0.0553. The first-order chi connectivity index (χ1) is 18.8. The maximum absolute atomic E-state index is 13.1. The van der Waals surface area contributed by atoms with Crippen molar-refractivity contribution in [2.45, 2.75) is 11.5 Å². The molecular weight excluding hydrogens is 470 g/mol. The lowest BCUT2D eigenvalue weighted by Crippen LogP contribution is -2.41. The molecule has 0 aliphatic heterocycles. The van der Waals surface area contributed by atoms with Gasteiger partial charge in [-0.25, -0.2) is 9.63 Å². The molecule has 0 spiro atoms. The molecule has 4 nitrogen and oxygen atoms in total. The van der Waals surface area contributed by atoms with Crippen LogP contribution in [0.3, 0.4) is 0 Å². The Balaban J connectivity index is 1.28. The Kier molecular flexibility index (Phi) is 6.47. The molecule has 4 heteroatoms. The van der Waals surface area contributed by atoms with Crippen molar-refractivity contribution in [3.05, 3.63) is 167 Å². The Labute approximate surface area is 222 Å². The van der Waals surface area contributed by atoms with Gasteiger partial charge in [0, 0.05) is 5.92 Å². The van der Waals surface area contributed by atoms with Gasteiger partial charge in [-0.1, -0.05) is 140 Å². The number of nitrogens with one attached hydrogen (secondary N) is 1. The quantitative estimate of drug-likeness (QED) is 0.188. The molecular formula is C34H27NO3. The number of hydrogen-bond acceptors (Lipinski definition) is 3. The van der Waals surface area contributed by atoms with E-state index < -0.39 is 11.7 Å². The fourth-order valence-electron chi connectivity index (χ4n) is 5.44. The molecule has 0 bridgehead atoms. The molecule has 38 heavy (non-hydrogen) atoms. The topological polar surface area (TPSA) is 47.6 Å². The number of hydroxylamine groups is 1. The van der Waals surface area contributed by atoms with E-state index in [2.05, 4.69) is 29.7 Å². The number of fused-ring (bicyclic) bond motifs is 3. The lowest BCUT2D eigenvalue weighted by atomic mass is 9.80. The van der Waals surface area contributed by atoms with Gasteiger partial charge >= 0.3 is 6.09 Å². The van der Waals surface area contributed by atoms with Gasteiger partial charge < -0.3 is 4.74 Å². The summed E-state index contributed by atoms with van der Waals surface area (Å²) in [6.07, 6.45) is -0.640. The molecule has 0 saturated heterocycles. The third-order valence-corrected chi connectivity index (χ3v) is 7.17. The zero-order valence-corrected chi connectivity index (χ0v) is 20.8. The fourth-order valence-corrected chi connectivity index (χ4v) is 5.44. The number of rotatable bonds is 7. The van der Waals surface area contributed by atoms with Crippen LogP contribution in [0.4, 0.5) is 4.79 Å². The predicted molar refractivity (Wildman–Crippen MR) is 148 cm³/mol. The van der Waals surface area contributed by atoms with Gasteiger partial charge in [0.1, 0.15) is 6.61 Å². The number of benzene rings is 5. The average molecular weight is 498 g/mol. The van der Waals surface area contributed by atoms with Crippen molar-refractivity contribution in [1.29, 1.82) is 0 Å². The van der Waals surface area contributed by atoms with E-state index in [1.807, 2.05) is 115 Å². The van der Waals surface area contributed by atoms with E-state index in [0.717, 1.165) is 27.8 Å². The van der Waals surface area contributed by atoms with Crippen LogP contribution in [0, 0.1) is 0 Å². The van der Waals surface area contributed by atoms with Crippen LogP contribution in [0.25, 0.3) is 11.1 Å². The molecule has 6 rings (SSSR count). The van der Waals surface area contributed by atoms with E-state index >= 15 is 0 Å². The number of ether oxygens (including phenoxy) is 1. The minimum Gasteiger partial charge on any atom is -0.447 e. The summed E-state index contributed by atoms with van der Waals surface area (Å²) in [6, 6.07) is 46.2. The Bertz CT molecular complexity index is 1390. The average Bonchev–Trinajstić information content (AvgIpc) is 3.32. The Morgan fingerprint density at radius 1 is 0.579 bits per heavy atom. The van der Waals surface area contributed by atoms with Crippen LogP contribution in [-0.2, 0) is 15.2 Å². The largest absolute Gasteiger partial charge is 0.447 e. The summed E-state index contributed by atoms with van der Waals surface area (Å²) in [5, 5.41) is 0. The number of carbonyl (C=O) groups excluding carboxylic acids is 1. The third-order valence-electron chi connectivity index (χ3n) is 7.17. The highest BCUT2D eigenvalue weighted by Gasteiger charge is 2.39. The second-order valence-electron chi connectivity index (χ2n) is 9.31. The molecule has 1 aliphatic rings. The molecule has 0 heterocycles. The monoisotopic (exact) mass is 497 g/mol. The highest BCUT2D eigenvalue weighted by molar-refractivity contribution is 5.79. The Morgan fingerprint density at radius 3 is 1.42 bits per heavy atom. The predicted octanol–water partition coefficient (Wildman–Crippen LogP) is 7.45. The van der Waals surface area contributed by atoms with E-state index in [4.69, 9.17) is 9.57 Å². The van der Waals surface area contributed by atoms with Gasteiger partial charge in [0.15, 0.2) is 5.60 Å². The molecule has 5 aromatic carbocycles. The highest BCUT2D eigenvalue weighted by atomic mass is 16.7. The molecule has 0 saturated carbocycles. The van der Waals surface area contributed by atoms with Crippen LogP contribution in [0.1, 0.15) is 33.7 Å². The molecule has 0 fully saturated rings. The van der Waals surface area contributed by atoms with Crippen molar-refractivity contribution in [3.63, 3.8) is 0 Å². The molecule has 0 radical (unpaired) electrons. The summed E-state index contributed by atoms with van der Waals surface area (Å²) < 4.78 is 5.77. The highest BCUT2D eigenvalue weighted by Crippen LogP contribution is 2.44. The smallest absolute Gasteiger partial charge is 0.431 e. The van der Waals surface area contributed by atoms with Crippen LogP contribution in [-0.4, -0.2) is 12.7 Å². The van der Waals surface area contributed by atoms with Crippen molar-refractivity contribution in [3.8, 4) is 11.1 Å². The number of carbonyl (C=O) groups is 1. The summed E-state index contributed by atoms with van der Waals surface area (Å²) in [6.45, 7) is 0.207. The van der Waals surface area contributed by atoms with E-state index in [0.29, 0.717) is 0 Å². The molecule has 0 aromatic heterocycles. The van der Waals surface area contributed by atoms with E-state index in [9.17, 15) is 4.79 Å². The normalized spacial score (nSPS) is 12.4. The van der Waals surface area contributed by atoms with Crippen LogP contribution < -0.4 is 5.48 Å². The molecule has 1 amide bonds. The SMILES string of the molecule is O=C(NOC(c1ccccc1)(c1ccccc1)c1ccccc1)OCC1c2ccccc2-c2ccccc21. The van der Waals surface area contributed by atoms with E-state index in [1.165, 1.54) is 11.1 Å². The molecule has 5 aromatic rings. The van der Waals surface area contributed by atoms with Gasteiger partial charge in [0.05, 0.1) is 0 Å². The molecule has 186 valence electrons. The van der Waals surface area contributed by atoms with Crippen LogP contribution in [0.5, 0.6) is 0 Å². The maximum atomic E-state index is 13.1. The zero-order valence-electron chi connectivity index (χ0n) is 20.8. The minimum atomic E-state index is -1.07. The third kappa shape index (κ3) is 4.25. The summed E-state index contributed by atoms with van der Waals surface area (Å²) >= 11 is 0. The second kappa shape index (κ2) is 10.4. The summed E-state index contributed by atoms with van der Waals surface area (Å²) in [5.41, 5.74) is 8.91. The Morgan fingerprint density at radius 2 is 0.974 bits per heavy atom.